The molecule has 96 valence electrons. The first kappa shape index (κ1) is 13.7. The number of imidazole rings is 1. The molecule has 0 aliphatic heterocycles. The molecule has 17 heavy (non-hydrogen) atoms. The Bertz CT molecular complexity index is 374. The summed E-state index contributed by atoms with van der Waals surface area (Å²) in [7, 11) is 1.89. The number of hydrogen-bond donors (Lipinski definition) is 1. The molecular formula is C12H22N3O2+. The highest BCUT2D eigenvalue weighted by molar-refractivity contribution is 5.72. The van der Waals surface area contributed by atoms with Crippen molar-refractivity contribution in [2.24, 2.45) is 18.1 Å². The number of ether oxygens (including phenoxy) is 1. The molecule has 0 saturated heterocycles. The Kier molecular flexibility index (Phi) is 5.15. The Hall–Kier alpha value is -1.36. The van der Waals surface area contributed by atoms with Crippen LogP contribution < -0.4 is 4.57 Å². The monoisotopic (exact) mass is 240 g/mol. The van der Waals surface area contributed by atoms with Gasteiger partial charge in [-0.2, -0.15) is 0 Å². The molecule has 1 N–H and O–H groups in total. The standard InChI is InChI=1S/C12H21N3O2/c1-5-10(2)11(3)17-9-15-7-6-14(4)12(15)8-13-16/h6-8,10-11H,5,9H2,1-4H3/p+1. The van der Waals surface area contributed by atoms with E-state index in [-0.39, 0.29) is 6.10 Å². The molecule has 2 atom stereocenters. The van der Waals surface area contributed by atoms with Gasteiger partial charge in [0.15, 0.2) is 12.9 Å². The van der Waals surface area contributed by atoms with Crippen molar-refractivity contribution < 1.29 is 14.5 Å². The van der Waals surface area contributed by atoms with Crippen LogP contribution in [0.4, 0.5) is 0 Å². The smallest absolute Gasteiger partial charge is 0.305 e. The summed E-state index contributed by atoms with van der Waals surface area (Å²) in [4.78, 5) is 0. The minimum atomic E-state index is 0.214. The second kappa shape index (κ2) is 6.39. The Balaban J connectivity index is 2.63. The number of hydrogen-bond acceptors (Lipinski definition) is 3. The Labute approximate surface area is 102 Å². The van der Waals surface area contributed by atoms with Gasteiger partial charge in [-0.1, -0.05) is 25.4 Å². The van der Waals surface area contributed by atoms with Crippen molar-refractivity contribution in [1.29, 1.82) is 0 Å². The van der Waals surface area contributed by atoms with Gasteiger partial charge in [0.25, 0.3) is 0 Å². The van der Waals surface area contributed by atoms with Crippen molar-refractivity contribution in [3.8, 4) is 0 Å². The van der Waals surface area contributed by atoms with Gasteiger partial charge in [-0.15, -0.1) is 0 Å². The quantitative estimate of drug-likeness (QED) is 0.355. The van der Waals surface area contributed by atoms with E-state index in [4.69, 9.17) is 9.94 Å². The van der Waals surface area contributed by atoms with E-state index in [2.05, 4.69) is 25.9 Å². The molecule has 2 unspecified atom stereocenters. The average Bonchev–Trinajstić information content (AvgIpc) is 2.67. The van der Waals surface area contributed by atoms with Gasteiger partial charge in [-0.05, 0) is 12.8 Å². The largest absolute Gasteiger partial charge is 0.411 e. The Morgan fingerprint density at radius 2 is 2.29 bits per heavy atom. The molecule has 0 spiro atoms. The van der Waals surface area contributed by atoms with Crippen LogP contribution in [-0.2, 0) is 18.5 Å². The first-order valence-electron chi connectivity index (χ1n) is 5.94. The topological polar surface area (TPSA) is 50.6 Å². The third kappa shape index (κ3) is 3.56. The van der Waals surface area contributed by atoms with Gasteiger partial charge < -0.3 is 9.94 Å². The van der Waals surface area contributed by atoms with E-state index in [0.717, 1.165) is 12.2 Å². The van der Waals surface area contributed by atoms with E-state index in [9.17, 15) is 0 Å². The lowest BCUT2D eigenvalue weighted by Crippen LogP contribution is -2.32. The molecule has 0 aromatic carbocycles. The minimum Gasteiger partial charge on any atom is -0.411 e. The lowest BCUT2D eigenvalue weighted by molar-refractivity contribution is -0.672. The molecule has 1 rings (SSSR count). The van der Waals surface area contributed by atoms with Gasteiger partial charge in [0.1, 0.15) is 12.4 Å². The van der Waals surface area contributed by atoms with Crippen LogP contribution in [0.15, 0.2) is 17.5 Å². The maximum Gasteiger partial charge on any atom is 0.305 e. The highest BCUT2D eigenvalue weighted by atomic mass is 16.5. The molecule has 0 amide bonds. The fourth-order valence-electron chi connectivity index (χ4n) is 1.56. The van der Waals surface area contributed by atoms with Gasteiger partial charge in [-0.3, -0.25) is 0 Å². The lowest BCUT2D eigenvalue weighted by atomic mass is 10.0. The number of oxime groups is 1. The Morgan fingerprint density at radius 3 is 2.88 bits per heavy atom. The summed E-state index contributed by atoms with van der Waals surface area (Å²) in [5.41, 5.74) is 0. The third-order valence-corrected chi connectivity index (χ3v) is 3.22. The van der Waals surface area contributed by atoms with Crippen LogP contribution in [-0.4, -0.2) is 22.1 Å². The minimum absolute atomic E-state index is 0.214. The predicted octanol–water partition coefficient (Wildman–Crippen LogP) is 1.53. The lowest BCUT2D eigenvalue weighted by Gasteiger charge is -2.17. The summed E-state index contributed by atoms with van der Waals surface area (Å²) in [5.74, 6) is 1.33. The number of aryl methyl sites for hydroxylation is 1. The van der Waals surface area contributed by atoms with E-state index in [1.807, 2.05) is 28.6 Å². The van der Waals surface area contributed by atoms with Crippen molar-refractivity contribution in [2.45, 2.75) is 40.0 Å². The van der Waals surface area contributed by atoms with Crippen molar-refractivity contribution in [3.05, 3.63) is 18.2 Å². The van der Waals surface area contributed by atoms with Crippen LogP contribution in [0, 0.1) is 5.92 Å². The maximum atomic E-state index is 8.59. The molecule has 5 heteroatoms. The van der Waals surface area contributed by atoms with Gasteiger partial charge in [0, 0.05) is 0 Å². The molecule has 0 aliphatic carbocycles. The van der Waals surface area contributed by atoms with Crippen molar-refractivity contribution in [2.75, 3.05) is 0 Å². The highest BCUT2D eigenvalue weighted by Gasteiger charge is 2.16. The van der Waals surface area contributed by atoms with Crippen LogP contribution in [0.25, 0.3) is 0 Å². The van der Waals surface area contributed by atoms with Gasteiger partial charge >= 0.3 is 5.82 Å². The van der Waals surface area contributed by atoms with Crippen LogP contribution in [0.2, 0.25) is 0 Å². The second-order valence-electron chi connectivity index (χ2n) is 4.37. The fraction of sp³-hybridized carbons (Fsp3) is 0.667. The van der Waals surface area contributed by atoms with E-state index in [0.29, 0.717) is 12.6 Å². The number of nitrogens with zero attached hydrogens (tertiary/aromatic N) is 3. The van der Waals surface area contributed by atoms with Gasteiger partial charge in [0.05, 0.1) is 13.2 Å². The zero-order chi connectivity index (χ0) is 12.8. The molecule has 1 aromatic rings. The zero-order valence-electron chi connectivity index (χ0n) is 11.0. The van der Waals surface area contributed by atoms with Crippen LogP contribution in [0.3, 0.4) is 0 Å². The molecule has 0 saturated carbocycles. The first-order valence-corrected chi connectivity index (χ1v) is 5.94. The van der Waals surface area contributed by atoms with Gasteiger partial charge in [-0.25, -0.2) is 9.13 Å². The second-order valence-corrected chi connectivity index (χ2v) is 4.37. The molecule has 0 bridgehead atoms. The summed E-state index contributed by atoms with van der Waals surface area (Å²) in [6, 6.07) is 0. The summed E-state index contributed by atoms with van der Waals surface area (Å²) in [5, 5.41) is 11.6. The highest BCUT2D eigenvalue weighted by Crippen LogP contribution is 2.11. The molecule has 0 radical (unpaired) electrons. The molecular weight excluding hydrogens is 218 g/mol. The van der Waals surface area contributed by atoms with E-state index >= 15 is 0 Å². The molecule has 1 aromatic heterocycles. The summed E-state index contributed by atoms with van der Waals surface area (Å²) < 4.78 is 9.56. The summed E-state index contributed by atoms with van der Waals surface area (Å²) in [6.45, 7) is 6.88. The van der Waals surface area contributed by atoms with Crippen molar-refractivity contribution in [1.82, 2.24) is 4.57 Å². The SMILES string of the molecule is CCC(C)C(C)OCn1cc[n+](C)c1/C=N\O. The Morgan fingerprint density at radius 1 is 1.59 bits per heavy atom. The molecule has 5 nitrogen and oxygen atoms in total. The van der Waals surface area contributed by atoms with Crippen LogP contribution >= 0.6 is 0 Å². The predicted molar refractivity (Wildman–Crippen MR) is 65.0 cm³/mol. The third-order valence-electron chi connectivity index (χ3n) is 3.22. The zero-order valence-corrected chi connectivity index (χ0v) is 11.0. The molecule has 0 fully saturated rings. The van der Waals surface area contributed by atoms with E-state index < -0.39 is 0 Å². The maximum absolute atomic E-state index is 8.59. The van der Waals surface area contributed by atoms with Crippen molar-refractivity contribution >= 4 is 6.21 Å². The summed E-state index contributed by atoms with van der Waals surface area (Å²) >= 11 is 0. The van der Waals surface area contributed by atoms with E-state index in [1.165, 1.54) is 6.21 Å². The number of aromatic nitrogens is 2. The van der Waals surface area contributed by atoms with Crippen LogP contribution in [0.1, 0.15) is 33.0 Å². The molecule has 1 heterocycles. The van der Waals surface area contributed by atoms with E-state index in [1.54, 1.807) is 0 Å². The molecule has 0 aliphatic rings. The van der Waals surface area contributed by atoms with Gasteiger partial charge in [0.2, 0.25) is 0 Å². The normalized spacial score (nSPS) is 15.3. The fourth-order valence-corrected chi connectivity index (χ4v) is 1.56. The number of rotatable bonds is 6. The van der Waals surface area contributed by atoms with Crippen LogP contribution in [0.5, 0.6) is 0 Å². The first-order chi connectivity index (χ1) is 8.10. The average molecular weight is 240 g/mol. The summed E-state index contributed by atoms with van der Waals surface area (Å²) in [6.07, 6.45) is 6.52. The van der Waals surface area contributed by atoms with Crippen molar-refractivity contribution in [3.63, 3.8) is 0 Å².